The molecule has 32 heavy (non-hydrogen) atoms. The number of rotatable bonds is 7. The summed E-state index contributed by atoms with van der Waals surface area (Å²) in [7, 11) is 1.36. The number of carbonyl (C=O) groups is 1. The molecular formula is C22H21N5O4S. The van der Waals surface area contributed by atoms with Crippen molar-refractivity contribution in [3.8, 4) is 5.69 Å². The fourth-order valence-electron chi connectivity index (χ4n) is 3.89. The zero-order valence-electron chi connectivity index (χ0n) is 17.2. The van der Waals surface area contributed by atoms with Gasteiger partial charge in [-0.25, -0.2) is 0 Å². The van der Waals surface area contributed by atoms with Gasteiger partial charge in [-0.15, -0.1) is 0 Å². The molecule has 10 heteroatoms. The molecule has 0 amide bonds. The van der Waals surface area contributed by atoms with Crippen LogP contribution >= 0.6 is 12.2 Å². The van der Waals surface area contributed by atoms with Crippen molar-refractivity contribution in [1.82, 2.24) is 19.8 Å². The maximum absolute atomic E-state index is 11.8. The zero-order chi connectivity index (χ0) is 22.7. The van der Waals surface area contributed by atoms with E-state index in [0.717, 1.165) is 17.1 Å². The molecule has 0 unspecified atom stereocenters. The first-order valence-electron chi connectivity index (χ1n) is 9.96. The average Bonchev–Trinajstić information content (AvgIpc) is 3.42. The number of nitrogens with one attached hydrogen (secondary N) is 1. The highest BCUT2D eigenvalue weighted by molar-refractivity contribution is 7.80. The molecule has 2 atom stereocenters. The molecule has 3 aromatic rings. The second-order valence-corrected chi connectivity index (χ2v) is 7.61. The van der Waals surface area contributed by atoms with Gasteiger partial charge in [-0.2, -0.15) is 0 Å². The van der Waals surface area contributed by atoms with Gasteiger partial charge < -0.3 is 19.5 Å². The third-order valence-electron chi connectivity index (χ3n) is 5.40. The van der Waals surface area contributed by atoms with Gasteiger partial charge in [0.05, 0.1) is 36.2 Å². The summed E-state index contributed by atoms with van der Waals surface area (Å²) < 4.78 is 6.77. The van der Waals surface area contributed by atoms with Crippen molar-refractivity contribution in [2.24, 2.45) is 0 Å². The van der Waals surface area contributed by atoms with E-state index in [4.69, 9.17) is 17.0 Å². The molecule has 1 fully saturated rings. The number of aromatic nitrogens is 2. The lowest BCUT2D eigenvalue weighted by Crippen LogP contribution is -2.32. The number of methoxy groups -OCH3 is 1. The van der Waals surface area contributed by atoms with Crippen LogP contribution in [0, 0.1) is 10.1 Å². The molecule has 0 radical (unpaired) electrons. The Balaban J connectivity index is 1.74. The quantitative estimate of drug-likeness (QED) is 0.253. The topological polar surface area (TPSA) is 103 Å². The van der Waals surface area contributed by atoms with Gasteiger partial charge in [-0.1, -0.05) is 6.07 Å². The van der Waals surface area contributed by atoms with Gasteiger partial charge in [0.1, 0.15) is 0 Å². The van der Waals surface area contributed by atoms with Crippen molar-refractivity contribution in [3.63, 3.8) is 0 Å². The number of hydrogen-bond acceptors (Lipinski definition) is 6. The predicted octanol–water partition coefficient (Wildman–Crippen LogP) is 3.32. The summed E-state index contributed by atoms with van der Waals surface area (Å²) in [5.74, 6) is -0.321. The number of carbonyl (C=O) groups excluding carboxylic acids is 1. The van der Waals surface area contributed by atoms with Crippen LogP contribution in [0.25, 0.3) is 5.69 Å². The van der Waals surface area contributed by atoms with E-state index in [2.05, 4.69) is 10.3 Å². The third-order valence-corrected chi connectivity index (χ3v) is 5.76. The van der Waals surface area contributed by atoms with E-state index < -0.39 is 4.92 Å². The van der Waals surface area contributed by atoms with Gasteiger partial charge in [0.15, 0.2) is 5.11 Å². The van der Waals surface area contributed by atoms with Crippen LogP contribution in [0.2, 0.25) is 0 Å². The van der Waals surface area contributed by atoms with Crippen molar-refractivity contribution < 1.29 is 14.5 Å². The number of non-ortho nitro benzene ring substituents is 1. The number of thiocarbonyl (C=S) groups is 1. The van der Waals surface area contributed by atoms with E-state index in [0.29, 0.717) is 11.7 Å². The van der Waals surface area contributed by atoms with Gasteiger partial charge in [0.25, 0.3) is 5.69 Å². The molecule has 1 aromatic carbocycles. The Morgan fingerprint density at radius 2 is 2.00 bits per heavy atom. The molecular weight excluding hydrogens is 430 g/mol. The third kappa shape index (κ3) is 4.17. The Bertz CT molecular complexity index is 1130. The average molecular weight is 452 g/mol. The van der Waals surface area contributed by atoms with Crippen LogP contribution in [0.1, 0.15) is 29.9 Å². The van der Waals surface area contributed by atoms with Crippen LogP contribution < -0.4 is 5.32 Å². The summed E-state index contributed by atoms with van der Waals surface area (Å²) in [6.45, 7) is 0.373. The largest absolute Gasteiger partial charge is 0.469 e. The zero-order valence-corrected chi connectivity index (χ0v) is 18.1. The van der Waals surface area contributed by atoms with Crippen molar-refractivity contribution in [2.75, 3.05) is 13.7 Å². The summed E-state index contributed by atoms with van der Waals surface area (Å²) in [6.07, 6.45) is 3.80. The Kier molecular flexibility index (Phi) is 6.13. The van der Waals surface area contributed by atoms with Crippen molar-refractivity contribution >= 4 is 29.0 Å². The Morgan fingerprint density at radius 1 is 1.22 bits per heavy atom. The van der Waals surface area contributed by atoms with E-state index in [1.54, 1.807) is 18.3 Å². The summed E-state index contributed by atoms with van der Waals surface area (Å²) in [6, 6.07) is 15.4. The second-order valence-electron chi connectivity index (χ2n) is 7.22. The summed E-state index contributed by atoms with van der Waals surface area (Å²) in [4.78, 5) is 28.9. The molecule has 1 saturated heterocycles. The van der Waals surface area contributed by atoms with Gasteiger partial charge >= 0.3 is 5.97 Å². The first kappa shape index (κ1) is 21.4. The van der Waals surface area contributed by atoms with Gasteiger partial charge in [-0.05, 0) is 48.6 Å². The minimum absolute atomic E-state index is 0.0252. The lowest BCUT2D eigenvalue weighted by atomic mass is 10.0. The number of hydrogen-bond donors (Lipinski definition) is 1. The van der Waals surface area contributed by atoms with Crippen LogP contribution in [0.4, 0.5) is 5.69 Å². The summed E-state index contributed by atoms with van der Waals surface area (Å²) >= 11 is 5.61. The van der Waals surface area contributed by atoms with Crippen LogP contribution in [-0.2, 0) is 9.53 Å². The van der Waals surface area contributed by atoms with Crippen LogP contribution in [0.15, 0.2) is 67.0 Å². The summed E-state index contributed by atoms with van der Waals surface area (Å²) in [5.41, 5.74) is 2.53. The molecule has 0 aliphatic carbocycles. The molecule has 0 spiro atoms. The molecule has 2 aromatic heterocycles. The van der Waals surface area contributed by atoms with Crippen molar-refractivity contribution in [1.29, 1.82) is 0 Å². The molecule has 9 nitrogen and oxygen atoms in total. The van der Waals surface area contributed by atoms with Crippen LogP contribution in [0.5, 0.6) is 0 Å². The van der Waals surface area contributed by atoms with Crippen LogP contribution in [-0.4, -0.2) is 44.1 Å². The lowest BCUT2D eigenvalue weighted by molar-refractivity contribution is -0.384. The predicted molar refractivity (Wildman–Crippen MR) is 121 cm³/mol. The normalized spacial score (nSPS) is 17.8. The number of nitro benzene ring substituents is 1. The fourth-order valence-corrected chi connectivity index (χ4v) is 4.22. The number of esters is 1. The lowest BCUT2D eigenvalue weighted by Gasteiger charge is -2.28. The second kappa shape index (κ2) is 9.15. The number of benzene rings is 1. The minimum atomic E-state index is -0.425. The first-order chi connectivity index (χ1) is 15.5. The van der Waals surface area contributed by atoms with E-state index in [1.807, 2.05) is 46.0 Å². The van der Waals surface area contributed by atoms with Crippen LogP contribution in [0.3, 0.4) is 0 Å². The molecule has 164 valence electrons. The smallest absolute Gasteiger partial charge is 0.307 e. The number of nitrogens with zero attached hydrogens (tertiary/aromatic N) is 4. The van der Waals surface area contributed by atoms with E-state index in [9.17, 15) is 14.9 Å². The molecule has 3 heterocycles. The summed E-state index contributed by atoms with van der Waals surface area (Å²) in [5, 5.41) is 14.9. The van der Waals surface area contributed by atoms with Crippen molar-refractivity contribution in [3.05, 3.63) is 88.5 Å². The Labute approximate surface area is 189 Å². The highest BCUT2D eigenvalue weighted by Gasteiger charge is 2.41. The Morgan fingerprint density at radius 3 is 2.66 bits per heavy atom. The SMILES string of the molecule is COC(=O)CCN1C(=S)N[C@@H](c2ccccn2)[C@@H]1c1cccn1-c1ccc([N+](=O)[O-])cc1. The van der Waals surface area contributed by atoms with Gasteiger partial charge in [0.2, 0.25) is 0 Å². The Hall–Kier alpha value is -3.79. The van der Waals surface area contributed by atoms with E-state index >= 15 is 0 Å². The van der Waals surface area contributed by atoms with Gasteiger partial charge in [0, 0.05) is 42.5 Å². The maximum Gasteiger partial charge on any atom is 0.307 e. The highest BCUT2D eigenvalue weighted by atomic mass is 32.1. The monoisotopic (exact) mass is 451 g/mol. The molecule has 0 bridgehead atoms. The number of nitro groups is 1. The van der Waals surface area contributed by atoms with Gasteiger partial charge in [-0.3, -0.25) is 19.9 Å². The molecule has 1 aliphatic rings. The number of ether oxygens (including phenoxy) is 1. The molecule has 0 saturated carbocycles. The molecule has 1 N–H and O–H groups in total. The van der Waals surface area contributed by atoms with E-state index in [1.165, 1.54) is 19.2 Å². The number of pyridine rings is 1. The fraction of sp³-hybridized carbons (Fsp3) is 0.227. The highest BCUT2D eigenvalue weighted by Crippen LogP contribution is 2.39. The van der Waals surface area contributed by atoms with E-state index in [-0.39, 0.29) is 30.2 Å². The van der Waals surface area contributed by atoms with Crippen molar-refractivity contribution in [2.45, 2.75) is 18.5 Å². The standard InChI is InChI=1S/C22H21N5O4S/c1-31-19(28)11-14-26-21(20(24-22(26)32)17-5-2-3-12-23-17)18-6-4-13-25(18)15-7-9-16(10-8-15)27(29)30/h2-10,12-13,20-21H,11,14H2,1H3,(H,24,32)/t20-,21-/m0/s1. The molecule has 4 rings (SSSR count). The minimum Gasteiger partial charge on any atom is -0.469 e. The molecule has 1 aliphatic heterocycles. The first-order valence-corrected chi connectivity index (χ1v) is 10.4. The maximum atomic E-state index is 11.8.